The van der Waals surface area contributed by atoms with Crippen molar-refractivity contribution in [2.75, 3.05) is 5.75 Å². The SMILES string of the molecule is CC(C)CSc1ccc([C@@H](C)N)cc1Br. The maximum absolute atomic E-state index is 5.83. The molecule has 2 N–H and O–H groups in total. The number of benzene rings is 1. The topological polar surface area (TPSA) is 26.0 Å². The smallest absolute Gasteiger partial charge is 0.0314 e. The van der Waals surface area contributed by atoms with E-state index in [1.54, 1.807) is 0 Å². The summed E-state index contributed by atoms with van der Waals surface area (Å²) in [5, 5.41) is 0. The third-order valence-corrected chi connectivity index (χ3v) is 4.47. The molecule has 1 rings (SSSR count). The lowest BCUT2D eigenvalue weighted by molar-refractivity contribution is 0.750. The molecular formula is C12H18BrNS. The Morgan fingerprint density at radius 2 is 2.00 bits per heavy atom. The van der Waals surface area contributed by atoms with E-state index in [4.69, 9.17) is 5.73 Å². The van der Waals surface area contributed by atoms with Crippen molar-refractivity contribution in [3.63, 3.8) is 0 Å². The number of halogens is 1. The Morgan fingerprint density at radius 1 is 1.33 bits per heavy atom. The van der Waals surface area contributed by atoms with Gasteiger partial charge in [0, 0.05) is 21.2 Å². The number of hydrogen-bond donors (Lipinski definition) is 1. The van der Waals surface area contributed by atoms with Gasteiger partial charge in [-0.1, -0.05) is 19.9 Å². The highest BCUT2D eigenvalue weighted by Crippen LogP contribution is 2.30. The molecule has 0 saturated carbocycles. The summed E-state index contributed by atoms with van der Waals surface area (Å²) in [5.41, 5.74) is 7.00. The quantitative estimate of drug-likeness (QED) is 0.840. The van der Waals surface area contributed by atoms with Crippen LogP contribution in [-0.2, 0) is 0 Å². The van der Waals surface area contributed by atoms with Crippen LogP contribution in [0, 0.1) is 5.92 Å². The Balaban J connectivity index is 2.75. The van der Waals surface area contributed by atoms with Gasteiger partial charge in [-0.05, 0) is 46.5 Å². The second-order valence-electron chi connectivity index (χ2n) is 4.18. The zero-order valence-electron chi connectivity index (χ0n) is 9.46. The minimum atomic E-state index is 0.102. The molecule has 1 aromatic carbocycles. The molecule has 15 heavy (non-hydrogen) atoms. The lowest BCUT2D eigenvalue weighted by Gasteiger charge is -2.10. The van der Waals surface area contributed by atoms with Gasteiger partial charge in [0.1, 0.15) is 0 Å². The molecule has 0 spiro atoms. The molecular weight excluding hydrogens is 270 g/mol. The molecule has 0 unspecified atom stereocenters. The van der Waals surface area contributed by atoms with E-state index in [9.17, 15) is 0 Å². The molecule has 0 aliphatic heterocycles. The fraction of sp³-hybridized carbons (Fsp3) is 0.500. The Hall–Kier alpha value is 0.01000. The number of rotatable bonds is 4. The Morgan fingerprint density at radius 3 is 2.47 bits per heavy atom. The van der Waals surface area contributed by atoms with Crippen LogP contribution in [0.5, 0.6) is 0 Å². The highest BCUT2D eigenvalue weighted by Gasteiger charge is 2.05. The minimum absolute atomic E-state index is 0.102. The first-order valence-electron chi connectivity index (χ1n) is 5.18. The van der Waals surface area contributed by atoms with Crippen LogP contribution in [0.25, 0.3) is 0 Å². The van der Waals surface area contributed by atoms with Gasteiger partial charge in [-0.25, -0.2) is 0 Å². The Labute approximate surface area is 105 Å². The van der Waals surface area contributed by atoms with Gasteiger partial charge < -0.3 is 5.73 Å². The first-order valence-corrected chi connectivity index (χ1v) is 6.96. The van der Waals surface area contributed by atoms with Crippen molar-refractivity contribution in [2.45, 2.75) is 31.7 Å². The summed E-state index contributed by atoms with van der Waals surface area (Å²) in [6.45, 7) is 6.47. The minimum Gasteiger partial charge on any atom is -0.324 e. The van der Waals surface area contributed by atoms with Gasteiger partial charge in [-0.3, -0.25) is 0 Å². The van der Waals surface area contributed by atoms with E-state index in [1.165, 1.54) is 10.5 Å². The zero-order valence-corrected chi connectivity index (χ0v) is 11.9. The summed E-state index contributed by atoms with van der Waals surface area (Å²) in [6.07, 6.45) is 0. The second-order valence-corrected chi connectivity index (χ2v) is 6.10. The van der Waals surface area contributed by atoms with Crippen LogP contribution in [0.1, 0.15) is 32.4 Å². The molecule has 1 atom stereocenters. The van der Waals surface area contributed by atoms with E-state index in [0.717, 1.165) is 16.1 Å². The van der Waals surface area contributed by atoms with Crippen molar-refractivity contribution in [1.29, 1.82) is 0 Å². The van der Waals surface area contributed by atoms with Crippen LogP contribution in [0.2, 0.25) is 0 Å². The summed E-state index contributed by atoms with van der Waals surface area (Å²) >= 11 is 5.48. The van der Waals surface area contributed by atoms with E-state index >= 15 is 0 Å². The maximum Gasteiger partial charge on any atom is 0.0314 e. The van der Waals surface area contributed by atoms with Gasteiger partial charge in [0.05, 0.1) is 0 Å². The second kappa shape index (κ2) is 5.92. The molecule has 0 fully saturated rings. The average Bonchev–Trinajstić information content (AvgIpc) is 2.15. The van der Waals surface area contributed by atoms with Gasteiger partial charge in [0.25, 0.3) is 0 Å². The lowest BCUT2D eigenvalue weighted by atomic mass is 10.1. The Bertz CT molecular complexity index is 323. The monoisotopic (exact) mass is 287 g/mol. The number of hydrogen-bond acceptors (Lipinski definition) is 2. The third-order valence-electron chi connectivity index (χ3n) is 2.05. The van der Waals surface area contributed by atoms with Crippen LogP contribution in [0.4, 0.5) is 0 Å². The van der Waals surface area contributed by atoms with Crippen LogP contribution >= 0.6 is 27.7 Å². The first-order chi connectivity index (χ1) is 7.00. The molecule has 0 amide bonds. The van der Waals surface area contributed by atoms with E-state index in [0.29, 0.717) is 0 Å². The molecule has 1 aromatic rings. The predicted molar refractivity (Wildman–Crippen MR) is 72.3 cm³/mol. The molecule has 1 nitrogen and oxygen atoms in total. The standard InChI is InChI=1S/C12H18BrNS/c1-8(2)7-15-12-5-4-10(9(3)14)6-11(12)13/h4-6,8-9H,7,14H2,1-3H3/t9-/m1/s1. The van der Waals surface area contributed by atoms with Crippen molar-refractivity contribution in [3.05, 3.63) is 28.2 Å². The van der Waals surface area contributed by atoms with Gasteiger partial charge in [-0.2, -0.15) is 0 Å². The summed E-state index contributed by atoms with van der Waals surface area (Å²) in [6, 6.07) is 6.48. The van der Waals surface area contributed by atoms with E-state index in [1.807, 2.05) is 18.7 Å². The molecule has 0 saturated heterocycles. The van der Waals surface area contributed by atoms with Gasteiger partial charge in [0.2, 0.25) is 0 Å². The van der Waals surface area contributed by atoms with Crippen LogP contribution in [0.3, 0.4) is 0 Å². The van der Waals surface area contributed by atoms with Crippen LogP contribution in [0.15, 0.2) is 27.6 Å². The van der Waals surface area contributed by atoms with Gasteiger partial charge in [0.15, 0.2) is 0 Å². The molecule has 84 valence electrons. The molecule has 3 heteroatoms. The third kappa shape index (κ3) is 4.17. The van der Waals surface area contributed by atoms with E-state index in [-0.39, 0.29) is 6.04 Å². The largest absolute Gasteiger partial charge is 0.324 e. The number of nitrogens with two attached hydrogens (primary N) is 1. The normalized spacial score (nSPS) is 13.2. The zero-order chi connectivity index (χ0) is 11.4. The van der Waals surface area contributed by atoms with Gasteiger partial charge >= 0.3 is 0 Å². The predicted octanol–water partition coefficient (Wildman–Crippen LogP) is 4.22. The van der Waals surface area contributed by atoms with Crippen molar-refractivity contribution < 1.29 is 0 Å². The molecule has 0 heterocycles. The van der Waals surface area contributed by atoms with Crippen molar-refractivity contribution >= 4 is 27.7 Å². The summed E-state index contributed by atoms with van der Waals surface area (Å²) < 4.78 is 1.16. The number of thioether (sulfide) groups is 1. The maximum atomic E-state index is 5.83. The molecule has 0 aliphatic carbocycles. The average molecular weight is 288 g/mol. The highest BCUT2D eigenvalue weighted by atomic mass is 79.9. The fourth-order valence-corrected chi connectivity index (χ4v) is 2.79. The molecule has 0 aromatic heterocycles. The Kier molecular flexibility index (Phi) is 5.16. The molecule has 0 bridgehead atoms. The first kappa shape index (κ1) is 13.1. The van der Waals surface area contributed by atoms with Gasteiger partial charge in [-0.15, -0.1) is 11.8 Å². The lowest BCUT2D eigenvalue weighted by Crippen LogP contribution is -2.04. The van der Waals surface area contributed by atoms with E-state index < -0.39 is 0 Å². The van der Waals surface area contributed by atoms with E-state index in [2.05, 4.69) is 48.0 Å². The van der Waals surface area contributed by atoms with Crippen LogP contribution < -0.4 is 5.73 Å². The summed E-state index contributed by atoms with van der Waals surface area (Å²) in [4.78, 5) is 1.30. The van der Waals surface area contributed by atoms with Crippen molar-refractivity contribution in [2.24, 2.45) is 11.7 Å². The molecule has 0 radical (unpaired) electrons. The summed E-state index contributed by atoms with van der Waals surface area (Å²) in [5.74, 6) is 1.87. The van der Waals surface area contributed by atoms with Crippen LogP contribution in [-0.4, -0.2) is 5.75 Å². The highest BCUT2D eigenvalue weighted by molar-refractivity contribution is 9.10. The molecule has 0 aliphatic rings. The van der Waals surface area contributed by atoms with Crippen molar-refractivity contribution in [1.82, 2.24) is 0 Å². The summed E-state index contributed by atoms with van der Waals surface area (Å²) in [7, 11) is 0. The van der Waals surface area contributed by atoms with Crippen molar-refractivity contribution in [3.8, 4) is 0 Å². The fourth-order valence-electron chi connectivity index (χ4n) is 1.17.